The highest BCUT2D eigenvalue weighted by Crippen LogP contribution is 2.18. The summed E-state index contributed by atoms with van der Waals surface area (Å²) < 4.78 is 0. The first-order valence-corrected chi connectivity index (χ1v) is 6.61. The lowest BCUT2D eigenvalue weighted by molar-refractivity contribution is -0.143. The van der Waals surface area contributed by atoms with Crippen molar-refractivity contribution in [2.24, 2.45) is 5.92 Å². The lowest BCUT2D eigenvalue weighted by Gasteiger charge is -2.30. The van der Waals surface area contributed by atoms with Gasteiger partial charge in [0.1, 0.15) is 0 Å². The predicted octanol–water partition coefficient (Wildman–Crippen LogP) is -0.229. The topological polar surface area (TPSA) is 98.7 Å². The highest BCUT2D eigenvalue weighted by Gasteiger charge is 2.28. The molecule has 1 saturated heterocycles. The van der Waals surface area contributed by atoms with Crippen molar-refractivity contribution in [1.82, 2.24) is 15.5 Å². The van der Waals surface area contributed by atoms with E-state index in [1.807, 2.05) is 0 Å². The van der Waals surface area contributed by atoms with Gasteiger partial charge in [-0.15, -0.1) is 0 Å². The Morgan fingerprint density at radius 1 is 1.21 bits per heavy atom. The highest BCUT2D eigenvalue weighted by molar-refractivity contribution is 5.84. The van der Waals surface area contributed by atoms with Crippen LogP contribution in [0.15, 0.2) is 0 Å². The molecule has 2 rings (SSSR count). The number of carbonyl (C=O) groups excluding carboxylic acids is 2. The van der Waals surface area contributed by atoms with Gasteiger partial charge in [-0.25, -0.2) is 4.79 Å². The third-order valence-corrected chi connectivity index (χ3v) is 3.40. The van der Waals surface area contributed by atoms with Gasteiger partial charge in [-0.05, 0) is 25.7 Å². The molecule has 0 aromatic heterocycles. The molecule has 0 radical (unpaired) electrons. The van der Waals surface area contributed by atoms with Crippen molar-refractivity contribution in [3.8, 4) is 0 Å². The maximum absolute atomic E-state index is 11.8. The number of hydrogen-bond acceptors (Lipinski definition) is 3. The van der Waals surface area contributed by atoms with E-state index in [0.29, 0.717) is 19.4 Å². The highest BCUT2D eigenvalue weighted by atomic mass is 16.4. The number of carboxylic acid groups (broad SMARTS) is 1. The number of hydrogen-bond donors (Lipinski definition) is 3. The van der Waals surface area contributed by atoms with Crippen molar-refractivity contribution in [1.29, 1.82) is 0 Å². The molecule has 0 unspecified atom stereocenters. The fourth-order valence-electron chi connectivity index (χ4n) is 2.14. The second-order valence-corrected chi connectivity index (χ2v) is 5.12. The molecule has 1 heterocycles. The monoisotopic (exact) mass is 269 g/mol. The molecule has 0 bridgehead atoms. The summed E-state index contributed by atoms with van der Waals surface area (Å²) in [5.41, 5.74) is 0. The van der Waals surface area contributed by atoms with E-state index >= 15 is 0 Å². The first kappa shape index (κ1) is 13.6. The van der Waals surface area contributed by atoms with Gasteiger partial charge in [0.2, 0.25) is 5.91 Å². The largest absolute Gasteiger partial charge is 0.481 e. The Morgan fingerprint density at radius 3 is 2.58 bits per heavy atom. The quantitative estimate of drug-likeness (QED) is 0.656. The van der Waals surface area contributed by atoms with Gasteiger partial charge in [0.05, 0.1) is 12.5 Å². The van der Waals surface area contributed by atoms with E-state index in [1.54, 1.807) is 0 Å². The second kappa shape index (κ2) is 5.90. The van der Waals surface area contributed by atoms with Crippen LogP contribution in [0.3, 0.4) is 0 Å². The molecular formula is C12H19N3O4. The van der Waals surface area contributed by atoms with Gasteiger partial charge >= 0.3 is 12.0 Å². The molecule has 1 aliphatic heterocycles. The molecule has 0 aromatic rings. The van der Waals surface area contributed by atoms with Crippen molar-refractivity contribution < 1.29 is 19.5 Å². The van der Waals surface area contributed by atoms with Crippen LogP contribution < -0.4 is 10.6 Å². The summed E-state index contributed by atoms with van der Waals surface area (Å²) in [6.07, 6.45) is 3.29. The van der Waals surface area contributed by atoms with Crippen LogP contribution >= 0.6 is 0 Å². The molecule has 1 atom stereocenters. The molecule has 0 aromatic carbocycles. The summed E-state index contributed by atoms with van der Waals surface area (Å²) in [6, 6.07) is -0.0901. The molecule has 1 saturated carbocycles. The average molecular weight is 269 g/mol. The normalized spacial score (nSPS) is 22.7. The SMILES string of the molecule is O=C(CNC(=O)N1CCC[C@H](C(=O)O)C1)NC1CC1. The van der Waals surface area contributed by atoms with Gasteiger partial charge in [0, 0.05) is 19.1 Å². The second-order valence-electron chi connectivity index (χ2n) is 5.12. The molecule has 3 amide bonds. The Balaban J connectivity index is 1.72. The van der Waals surface area contributed by atoms with Crippen LogP contribution in [-0.4, -0.2) is 53.6 Å². The van der Waals surface area contributed by atoms with Crippen LogP contribution in [0.1, 0.15) is 25.7 Å². The van der Waals surface area contributed by atoms with Crippen LogP contribution in [0.4, 0.5) is 4.79 Å². The zero-order valence-electron chi connectivity index (χ0n) is 10.7. The summed E-state index contributed by atoms with van der Waals surface area (Å²) in [4.78, 5) is 35.6. The van der Waals surface area contributed by atoms with E-state index < -0.39 is 11.9 Å². The number of carbonyl (C=O) groups is 3. The molecule has 2 aliphatic rings. The molecule has 0 spiro atoms. The maximum Gasteiger partial charge on any atom is 0.317 e. The van der Waals surface area contributed by atoms with Crippen LogP contribution in [0.2, 0.25) is 0 Å². The third kappa shape index (κ3) is 4.11. The van der Waals surface area contributed by atoms with Crippen molar-refractivity contribution in [2.75, 3.05) is 19.6 Å². The molecule has 1 aliphatic carbocycles. The zero-order valence-corrected chi connectivity index (χ0v) is 10.7. The van der Waals surface area contributed by atoms with Crippen LogP contribution in [0.5, 0.6) is 0 Å². The number of nitrogens with one attached hydrogen (secondary N) is 2. The van der Waals surface area contributed by atoms with E-state index in [1.165, 1.54) is 4.90 Å². The first-order valence-electron chi connectivity index (χ1n) is 6.61. The maximum atomic E-state index is 11.8. The Hall–Kier alpha value is -1.79. The molecule has 2 fully saturated rings. The predicted molar refractivity (Wildman–Crippen MR) is 66.5 cm³/mol. The molecule has 106 valence electrons. The number of urea groups is 1. The Bertz CT molecular complexity index is 381. The first-order chi connectivity index (χ1) is 9.06. The standard InChI is InChI=1S/C12H19N3O4/c16-10(14-9-3-4-9)6-13-12(19)15-5-1-2-8(7-15)11(17)18/h8-9H,1-7H2,(H,13,19)(H,14,16)(H,17,18)/t8-/m0/s1. The summed E-state index contributed by atoms with van der Waals surface area (Å²) in [5, 5.41) is 14.2. The smallest absolute Gasteiger partial charge is 0.317 e. The number of nitrogens with zero attached hydrogens (tertiary/aromatic N) is 1. The van der Waals surface area contributed by atoms with Crippen molar-refractivity contribution >= 4 is 17.9 Å². The minimum absolute atomic E-state index is 0.0520. The van der Waals surface area contributed by atoms with Crippen LogP contribution in [-0.2, 0) is 9.59 Å². The van der Waals surface area contributed by atoms with Gasteiger partial charge in [-0.2, -0.15) is 0 Å². The van der Waals surface area contributed by atoms with Crippen LogP contribution in [0, 0.1) is 5.92 Å². The Kier molecular flexibility index (Phi) is 4.24. The van der Waals surface area contributed by atoms with Gasteiger partial charge in [-0.1, -0.05) is 0 Å². The lowest BCUT2D eigenvalue weighted by atomic mass is 9.99. The zero-order chi connectivity index (χ0) is 13.8. The Labute approximate surface area is 111 Å². The van der Waals surface area contributed by atoms with E-state index in [2.05, 4.69) is 10.6 Å². The molecule has 7 heteroatoms. The summed E-state index contributed by atoms with van der Waals surface area (Å²) in [7, 11) is 0. The van der Waals surface area contributed by atoms with E-state index in [9.17, 15) is 14.4 Å². The number of rotatable bonds is 4. The van der Waals surface area contributed by atoms with Gasteiger partial charge in [-0.3, -0.25) is 9.59 Å². The van der Waals surface area contributed by atoms with Gasteiger partial charge < -0.3 is 20.6 Å². The number of carboxylic acids is 1. The minimum atomic E-state index is -0.871. The average Bonchev–Trinajstić information content (AvgIpc) is 3.20. The fourth-order valence-corrected chi connectivity index (χ4v) is 2.14. The number of aliphatic carboxylic acids is 1. The molecule has 3 N–H and O–H groups in total. The van der Waals surface area contributed by atoms with E-state index in [4.69, 9.17) is 5.11 Å². The minimum Gasteiger partial charge on any atom is -0.481 e. The van der Waals surface area contributed by atoms with Crippen molar-refractivity contribution in [3.63, 3.8) is 0 Å². The molecular weight excluding hydrogens is 250 g/mol. The third-order valence-electron chi connectivity index (χ3n) is 3.40. The summed E-state index contributed by atoms with van der Waals surface area (Å²) in [6.45, 7) is 0.703. The summed E-state index contributed by atoms with van der Waals surface area (Å²) >= 11 is 0. The number of likely N-dealkylation sites (tertiary alicyclic amines) is 1. The number of amides is 3. The summed E-state index contributed by atoms with van der Waals surface area (Å²) in [5.74, 6) is -1.56. The molecule has 19 heavy (non-hydrogen) atoms. The Morgan fingerprint density at radius 2 is 1.95 bits per heavy atom. The fraction of sp³-hybridized carbons (Fsp3) is 0.750. The van der Waals surface area contributed by atoms with E-state index in [0.717, 1.165) is 12.8 Å². The number of piperidine rings is 1. The lowest BCUT2D eigenvalue weighted by Crippen LogP contribution is -2.49. The van der Waals surface area contributed by atoms with Crippen LogP contribution in [0.25, 0.3) is 0 Å². The van der Waals surface area contributed by atoms with Gasteiger partial charge in [0.25, 0.3) is 0 Å². The molecule has 7 nitrogen and oxygen atoms in total. The van der Waals surface area contributed by atoms with Crippen molar-refractivity contribution in [2.45, 2.75) is 31.7 Å². The van der Waals surface area contributed by atoms with E-state index in [-0.39, 0.29) is 31.1 Å². The van der Waals surface area contributed by atoms with Gasteiger partial charge in [0.15, 0.2) is 0 Å². The van der Waals surface area contributed by atoms with Crippen molar-refractivity contribution in [3.05, 3.63) is 0 Å².